The molecule has 3 aromatic rings. The number of amidine groups is 1. The molecule has 0 bridgehead atoms. The highest BCUT2D eigenvalue weighted by atomic mass is 16.7. The first kappa shape index (κ1) is 18.1. The molecule has 7 heteroatoms. The highest BCUT2D eigenvalue weighted by molar-refractivity contribution is 6.00. The first-order valence-corrected chi connectivity index (χ1v) is 9.47. The third-order valence-corrected chi connectivity index (χ3v) is 5.06. The minimum atomic E-state index is -0.967. The number of carbonyl (C=O) groups is 1. The van der Waals surface area contributed by atoms with Gasteiger partial charge in [-0.2, -0.15) is 0 Å². The van der Waals surface area contributed by atoms with Gasteiger partial charge in [-0.25, -0.2) is 4.79 Å². The van der Waals surface area contributed by atoms with Crippen LogP contribution in [0, 0.1) is 0 Å². The van der Waals surface area contributed by atoms with Gasteiger partial charge in [0.15, 0.2) is 17.3 Å². The van der Waals surface area contributed by atoms with Gasteiger partial charge in [0.25, 0.3) is 0 Å². The minimum absolute atomic E-state index is 0.204. The molecule has 150 valence electrons. The summed E-state index contributed by atoms with van der Waals surface area (Å²) in [6.07, 6.45) is -0.450. The second-order valence-electron chi connectivity index (χ2n) is 6.98. The highest BCUT2D eigenvalue weighted by Crippen LogP contribution is 2.38. The van der Waals surface area contributed by atoms with Crippen LogP contribution >= 0.6 is 0 Å². The third kappa shape index (κ3) is 3.30. The lowest BCUT2D eigenvalue weighted by molar-refractivity contribution is 0.00572. The number of rotatable bonds is 5. The summed E-state index contributed by atoms with van der Waals surface area (Å²) in [6, 6.07) is 22.3. The molecule has 0 fully saturated rings. The van der Waals surface area contributed by atoms with E-state index in [0.717, 1.165) is 16.7 Å². The average Bonchev–Trinajstić information content (AvgIpc) is 3.41. The molecule has 0 saturated carbocycles. The summed E-state index contributed by atoms with van der Waals surface area (Å²) in [5.41, 5.74) is 2.99. The van der Waals surface area contributed by atoms with E-state index >= 15 is 0 Å². The number of oxime groups is 1. The molecule has 0 radical (unpaired) electrons. The molecule has 5 rings (SSSR count). The van der Waals surface area contributed by atoms with Gasteiger partial charge in [-0.15, -0.1) is 0 Å². The van der Waals surface area contributed by atoms with Crippen LogP contribution in [-0.2, 0) is 11.4 Å². The lowest BCUT2D eigenvalue weighted by Crippen LogP contribution is -2.30. The third-order valence-electron chi connectivity index (χ3n) is 5.06. The summed E-state index contributed by atoms with van der Waals surface area (Å²) in [5, 5.41) is 13.5. The SMILES string of the molecule is O=C(O)c1ccc(C2=NOC(c3ccc4c(c3)OCO4)N2Cc2ccccc2)cc1. The lowest BCUT2D eigenvalue weighted by atomic mass is 10.1. The highest BCUT2D eigenvalue weighted by Gasteiger charge is 2.33. The molecule has 2 aliphatic heterocycles. The normalized spacial score (nSPS) is 16.9. The Morgan fingerprint density at radius 2 is 1.77 bits per heavy atom. The van der Waals surface area contributed by atoms with Crippen molar-refractivity contribution >= 4 is 11.8 Å². The van der Waals surface area contributed by atoms with Crippen LogP contribution in [0.3, 0.4) is 0 Å². The summed E-state index contributed by atoms with van der Waals surface area (Å²) in [5.74, 6) is 1.05. The Balaban J connectivity index is 1.49. The van der Waals surface area contributed by atoms with Crippen molar-refractivity contribution < 1.29 is 24.2 Å². The van der Waals surface area contributed by atoms with Crippen LogP contribution in [0.5, 0.6) is 11.5 Å². The molecule has 7 nitrogen and oxygen atoms in total. The van der Waals surface area contributed by atoms with E-state index in [9.17, 15) is 4.79 Å². The molecule has 1 N–H and O–H groups in total. The number of nitrogens with zero attached hydrogens (tertiary/aromatic N) is 2. The Bertz CT molecular complexity index is 1110. The number of carboxylic acid groups (broad SMARTS) is 1. The van der Waals surface area contributed by atoms with Crippen LogP contribution < -0.4 is 9.47 Å². The van der Waals surface area contributed by atoms with Crippen molar-refractivity contribution in [2.45, 2.75) is 12.8 Å². The fraction of sp³-hybridized carbons (Fsp3) is 0.130. The average molecular weight is 402 g/mol. The molecule has 0 aromatic heterocycles. The van der Waals surface area contributed by atoms with E-state index in [2.05, 4.69) is 5.16 Å². The van der Waals surface area contributed by atoms with Crippen molar-refractivity contribution in [1.82, 2.24) is 4.90 Å². The number of aromatic carboxylic acids is 1. The standard InChI is InChI=1S/C23H18N2O5/c26-23(27)17-8-6-16(7-9-17)21-24-30-22(25(21)13-15-4-2-1-3-5-15)18-10-11-19-20(12-18)29-14-28-19/h1-12,22H,13-14H2,(H,26,27). The summed E-state index contributed by atoms with van der Waals surface area (Å²) in [4.78, 5) is 19.1. The van der Waals surface area contributed by atoms with Gasteiger partial charge in [0.2, 0.25) is 13.0 Å². The molecule has 1 atom stereocenters. The van der Waals surface area contributed by atoms with Crippen LogP contribution in [0.15, 0.2) is 78.0 Å². The second kappa shape index (κ2) is 7.44. The molecule has 0 aliphatic carbocycles. The summed E-state index contributed by atoms with van der Waals surface area (Å²) in [7, 11) is 0. The first-order chi connectivity index (χ1) is 14.7. The van der Waals surface area contributed by atoms with Crippen LogP contribution in [0.25, 0.3) is 0 Å². The van der Waals surface area contributed by atoms with E-state index in [0.29, 0.717) is 23.9 Å². The molecular formula is C23H18N2O5. The minimum Gasteiger partial charge on any atom is -0.478 e. The predicted molar refractivity (Wildman–Crippen MR) is 108 cm³/mol. The molecule has 0 spiro atoms. The largest absolute Gasteiger partial charge is 0.478 e. The van der Waals surface area contributed by atoms with Crippen molar-refractivity contribution in [2.75, 3.05) is 6.79 Å². The number of carboxylic acids is 1. The van der Waals surface area contributed by atoms with Gasteiger partial charge in [-0.3, -0.25) is 0 Å². The zero-order valence-corrected chi connectivity index (χ0v) is 15.9. The molecule has 0 saturated heterocycles. The maximum absolute atomic E-state index is 11.2. The van der Waals surface area contributed by atoms with E-state index in [1.165, 1.54) is 0 Å². The van der Waals surface area contributed by atoms with E-state index < -0.39 is 12.2 Å². The topological polar surface area (TPSA) is 80.6 Å². The fourth-order valence-corrected chi connectivity index (χ4v) is 3.55. The van der Waals surface area contributed by atoms with Gasteiger partial charge < -0.3 is 24.3 Å². The Morgan fingerprint density at radius 3 is 2.53 bits per heavy atom. The van der Waals surface area contributed by atoms with Gasteiger partial charge in [-0.05, 0) is 35.9 Å². The predicted octanol–water partition coefficient (Wildman–Crippen LogP) is 4.01. The molecule has 0 amide bonds. The number of benzene rings is 3. The van der Waals surface area contributed by atoms with E-state index in [4.69, 9.17) is 19.4 Å². The van der Waals surface area contributed by atoms with Crippen molar-refractivity contribution in [1.29, 1.82) is 0 Å². The summed E-state index contributed by atoms with van der Waals surface area (Å²) in [6.45, 7) is 0.773. The van der Waals surface area contributed by atoms with E-state index in [1.807, 2.05) is 53.4 Å². The van der Waals surface area contributed by atoms with E-state index in [-0.39, 0.29) is 12.4 Å². The number of ether oxygens (including phenoxy) is 2. The van der Waals surface area contributed by atoms with E-state index in [1.54, 1.807) is 24.3 Å². The Morgan fingerprint density at radius 1 is 1.00 bits per heavy atom. The molecule has 30 heavy (non-hydrogen) atoms. The van der Waals surface area contributed by atoms with Crippen LogP contribution in [0.1, 0.15) is 33.3 Å². The van der Waals surface area contributed by atoms with Gasteiger partial charge in [0.1, 0.15) is 0 Å². The first-order valence-electron chi connectivity index (χ1n) is 9.47. The number of hydrogen-bond acceptors (Lipinski definition) is 6. The maximum Gasteiger partial charge on any atom is 0.335 e. The van der Waals surface area contributed by atoms with Crippen molar-refractivity contribution in [2.24, 2.45) is 5.16 Å². The Hall–Kier alpha value is -4.00. The molecule has 1 unspecified atom stereocenters. The molecular weight excluding hydrogens is 384 g/mol. The fourth-order valence-electron chi connectivity index (χ4n) is 3.55. The lowest BCUT2D eigenvalue weighted by Gasteiger charge is -2.26. The van der Waals surface area contributed by atoms with Gasteiger partial charge >= 0.3 is 5.97 Å². The van der Waals surface area contributed by atoms with Gasteiger partial charge in [-0.1, -0.05) is 47.6 Å². The van der Waals surface area contributed by atoms with Crippen LogP contribution in [0.2, 0.25) is 0 Å². The van der Waals surface area contributed by atoms with Crippen molar-refractivity contribution in [3.05, 3.63) is 95.1 Å². The quantitative estimate of drug-likeness (QED) is 0.695. The van der Waals surface area contributed by atoms with Crippen LogP contribution in [0.4, 0.5) is 0 Å². The monoisotopic (exact) mass is 402 g/mol. The summed E-state index contributed by atoms with van der Waals surface area (Å²) >= 11 is 0. The zero-order valence-electron chi connectivity index (χ0n) is 15.9. The number of fused-ring (bicyclic) bond motifs is 1. The second-order valence-corrected chi connectivity index (χ2v) is 6.98. The Labute approximate surface area is 172 Å². The van der Waals surface area contributed by atoms with Crippen molar-refractivity contribution in [3.63, 3.8) is 0 Å². The molecule has 2 heterocycles. The van der Waals surface area contributed by atoms with Gasteiger partial charge in [0.05, 0.1) is 5.56 Å². The maximum atomic E-state index is 11.2. The summed E-state index contributed by atoms with van der Waals surface area (Å²) < 4.78 is 10.9. The van der Waals surface area contributed by atoms with Crippen molar-refractivity contribution in [3.8, 4) is 11.5 Å². The molecule has 3 aromatic carbocycles. The zero-order chi connectivity index (χ0) is 20.5. The Kier molecular flexibility index (Phi) is 4.48. The molecule has 2 aliphatic rings. The van der Waals surface area contributed by atoms with Crippen LogP contribution in [-0.4, -0.2) is 28.6 Å². The number of hydrogen-bond donors (Lipinski definition) is 1. The van der Waals surface area contributed by atoms with Gasteiger partial charge in [0, 0.05) is 17.7 Å². The smallest absolute Gasteiger partial charge is 0.335 e.